The van der Waals surface area contributed by atoms with E-state index < -0.39 is 10.0 Å². The zero-order valence-electron chi connectivity index (χ0n) is 18.2. The standard InChI is InChI=1S/C23H32N2O3S2/c1-18(2)20-10-12-22(13-11-20)25(30(4,27)28)16-23(26)24-14-7-15-29-17-21-9-6-5-8-19(21)3/h5-6,8-13,18H,7,14-17H2,1-4H3,(H,24,26). The first-order valence-electron chi connectivity index (χ1n) is 10.1. The van der Waals surface area contributed by atoms with Gasteiger partial charge in [0.2, 0.25) is 15.9 Å². The number of carbonyl (C=O) groups excluding carboxylic acids is 1. The molecule has 0 unspecified atom stereocenters. The van der Waals surface area contributed by atoms with Crippen molar-refractivity contribution in [1.29, 1.82) is 0 Å². The molecule has 0 aliphatic heterocycles. The second kappa shape index (κ2) is 11.4. The van der Waals surface area contributed by atoms with Gasteiger partial charge in [-0.1, -0.05) is 50.2 Å². The normalized spacial score (nSPS) is 11.5. The van der Waals surface area contributed by atoms with Crippen LogP contribution in [0.15, 0.2) is 48.5 Å². The van der Waals surface area contributed by atoms with Crippen LogP contribution in [0, 0.1) is 6.92 Å². The lowest BCUT2D eigenvalue weighted by Crippen LogP contribution is -2.40. The van der Waals surface area contributed by atoms with E-state index in [9.17, 15) is 13.2 Å². The number of hydrogen-bond acceptors (Lipinski definition) is 4. The van der Waals surface area contributed by atoms with Crippen LogP contribution in [0.25, 0.3) is 0 Å². The van der Waals surface area contributed by atoms with Crippen molar-refractivity contribution < 1.29 is 13.2 Å². The van der Waals surface area contributed by atoms with Crippen LogP contribution in [0.2, 0.25) is 0 Å². The van der Waals surface area contributed by atoms with Crippen molar-refractivity contribution in [2.45, 2.75) is 38.9 Å². The molecule has 0 spiro atoms. The van der Waals surface area contributed by atoms with E-state index in [4.69, 9.17) is 0 Å². The summed E-state index contributed by atoms with van der Waals surface area (Å²) in [6.07, 6.45) is 1.96. The molecular formula is C23H32N2O3S2. The largest absolute Gasteiger partial charge is 0.354 e. The summed E-state index contributed by atoms with van der Waals surface area (Å²) in [6, 6.07) is 15.7. The van der Waals surface area contributed by atoms with E-state index in [1.54, 1.807) is 12.1 Å². The van der Waals surface area contributed by atoms with Gasteiger partial charge in [0.05, 0.1) is 11.9 Å². The first-order chi connectivity index (χ1) is 14.2. The van der Waals surface area contributed by atoms with E-state index >= 15 is 0 Å². The van der Waals surface area contributed by atoms with Crippen molar-refractivity contribution in [3.05, 3.63) is 65.2 Å². The van der Waals surface area contributed by atoms with Crippen molar-refractivity contribution >= 4 is 33.4 Å². The molecule has 7 heteroatoms. The van der Waals surface area contributed by atoms with Crippen LogP contribution < -0.4 is 9.62 Å². The molecule has 1 amide bonds. The number of benzene rings is 2. The molecule has 30 heavy (non-hydrogen) atoms. The van der Waals surface area contributed by atoms with Gasteiger partial charge in [-0.3, -0.25) is 9.10 Å². The minimum absolute atomic E-state index is 0.212. The van der Waals surface area contributed by atoms with Gasteiger partial charge in [0.25, 0.3) is 0 Å². The Bertz CT molecular complexity index is 926. The Labute approximate surface area is 185 Å². The average molecular weight is 449 g/mol. The van der Waals surface area contributed by atoms with Crippen molar-refractivity contribution in [2.24, 2.45) is 0 Å². The molecule has 0 heterocycles. The van der Waals surface area contributed by atoms with Crippen LogP contribution in [-0.4, -0.2) is 39.4 Å². The molecule has 0 bridgehead atoms. The molecular weight excluding hydrogens is 416 g/mol. The lowest BCUT2D eigenvalue weighted by Gasteiger charge is -2.22. The van der Waals surface area contributed by atoms with Crippen molar-refractivity contribution in [3.63, 3.8) is 0 Å². The monoisotopic (exact) mass is 448 g/mol. The molecule has 0 aliphatic carbocycles. The van der Waals surface area contributed by atoms with Crippen LogP contribution in [0.3, 0.4) is 0 Å². The number of nitrogens with one attached hydrogen (secondary N) is 1. The molecule has 0 aliphatic rings. The Morgan fingerprint density at radius 3 is 2.37 bits per heavy atom. The quantitative estimate of drug-likeness (QED) is 0.520. The van der Waals surface area contributed by atoms with Crippen LogP contribution in [0.5, 0.6) is 0 Å². The molecule has 164 valence electrons. The molecule has 0 saturated heterocycles. The highest BCUT2D eigenvalue weighted by atomic mass is 32.2. The van der Waals surface area contributed by atoms with Gasteiger partial charge >= 0.3 is 0 Å². The van der Waals surface area contributed by atoms with Gasteiger partial charge in [0.1, 0.15) is 6.54 Å². The van der Waals surface area contributed by atoms with E-state index in [0.717, 1.165) is 34.1 Å². The molecule has 0 fully saturated rings. The third kappa shape index (κ3) is 7.69. The fourth-order valence-electron chi connectivity index (χ4n) is 2.97. The summed E-state index contributed by atoms with van der Waals surface area (Å²) in [5.41, 5.74) is 4.25. The van der Waals surface area contributed by atoms with Crippen LogP contribution in [0.1, 0.15) is 42.9 Å². The number of hydrogen-bond donors (Lipinski definition) is 1. The Balaban J connectivity index is 1.80. The summed E-state index contributed by atoms with van der Waals surface area (Å²) in [5.74, 6) is 1.95. The first kappa shape index (κ1) is 24.3. The maximum atomic E-state index is 12.3. The zero-order chi connectivity index (χ0) is 22.1. The van der Waals surface area contributed by atoms with Crippen molar-refractivity contribution in [1.82, 2.24) is 5.32 Å². The lowest BCUT2D eigenvalue weighted by molar-refractivity contribution is -0.119. The predicted molar refractivity (Wildman–Crippen MR) is 128 cm³/mol. The molecule has 2 aromatic rings. The third-order valence-corrected chi connectivity index (χ3v) is 7.07. The summed E-state index contributed by atoms with van der Waals surface area (Å²) < 4.78 is 25.6. The fourth-order valence-corrected chi connectivity index (χ4v) is 4.86. The maximum Gasteiger partial charge on any atom is 0.240 e. The van der Waals surface area contributed by atoms with Gasteiger partial charge in [0.15, 0.2) is 0 Å². The number of amides is 1. The fraction of sp³-hybridized carbons (Fsp3) is 0.435. The van der Waals surface area contributed by atoms with Crippen LogP contribution >= 0.6 is 11.8 Å². The lowest BCUT2D eigenvalue weighted by atomic mass is 10.0. The second-order valence-corrected chi connectivity index (χ2v) is 10.7. The number of anilines is 1. The van der Waals surface area contributed by atoms with Gasteiger partial charge in [-0.05, 0) is 53.8 Å². The van der Waals surface area contributed by atoms with Crippen LogP contribution in [-0.2, 0) is 20.6 Å². The summed E-state index contributed by atoms with van der Waals surface area (Å²) in [5, 5.41) is 2.84. The number of rotatable bonds is 11. The van der Waals surface area contributed by atoms with E-state index in [-0.39, 0.29) is 12.5 Å². The van der Waals surface area contributed by atoms with Gasteiger partial charge in [-0.2, -0.15) is 11.8 Å². The van der Waals surface area contributed by atoms with Gasteiger partial charge in [-0.25, -0.2) is 8.42 Å². The highest BCUT2D eigenvalue weighted by Crippen LogP contribution is 2.22. The molecule has 5 nitrogen and oxygen atoms in total. The molecule has 0 saturated carbocycles. The summed E-state index contributed by atoms with van der Waals surface area (Å²) in [7, 11) is -3.55. The number of sulfonamides is 1. The van der Waals surface area contributed by atoms with E-state index in [2.05, 4.69) is 38.2 Å². The Morgan fingerprint density at radius 1 is 1.10 bits per heavy atom. The van der Waals surface area contributed by atoms with Crippen LogP contribution in [0.4, 0.5) is 5.69 Å². The predicted octanol–water partition coefficient (Wildman–Crippen LogP) is 4.32. The highest BCUT2D eigenvalue weighted by Gasteiger charge is 2.20. The van der Waals surface area contributed by atoms with E-state index in [1.165, 1.54) is 11.1 Å². The Hall–Kier alpha value is -1.99. The van der Waals surface area contributed by atoms with Crippen molar-refractivity contribution in [3.8, 4) is 0 Å². The van der Waals surface area contributed by atoms with Gasteiger partial charge in [0, 0.05) is 12.3 Å². The summed E-state index contributed by atoms with van der Waals surface area (Å²) >= 11 is 1.83. The van der Waals surface area contributed by atoms with E-state index in [1.807, 2.05) is 36.0 Å². The van der Waals surface area contributed by atoms with E-state index in [0.29, 0.717) is 18.2 Å². The topological polar surface area (TPSA) is 66.5 Å². The average Bonchev–Trinajstić information content (AvgIpc) is 2.69. The smallest absolute Gasteiger partial charge is 0.240 e. The second-order valence-electron chi connectivity index (χ2n) is 7.70. The minimum atomic E-state index is -3.55. The molecule has 0 atom stereocenters. The Kier molecular flexibility index (Phi) is 9.24. The zero-order valence-corrected chi connectivity index (χ0v) is 19.9. The Morgan fingerprint density at radius 2 is 1.77 bits per heavy atom. The summed E-state index contributed by atoms with van der Waals surface area (Å²) in [6.45, 7) is 6.59. The number of nitrogens with zero attached hydrogens (tertiary/aromatic N) is 1. The third-order valence-electron chi connectivity index (χ3n) is 4.84. The first-order valence-corrected chi connectivity index (χ1v) is 13.2. The SMILES string of the molecule is Cc1ccccc1CSCCCNC(=O)CN(c1ccc(C(C)C)cc1)S(C)(=O)=O. The molecule has 1 N–H and O–H groups in total. The molecule has 2 rings (SSSR count). The van der Waals surface area contributed by atoms with Gasteiger partial charge in [-0.15, -0.1) is 0 Å². The molecule has 0 radical (unpaired) electrons. The van der Waals surface area contributed by atoms with Gasteiger partial charge < -0.3 is 5.32 Å². The maximum absolute atomic E-state index is 12.3. The molecule has 0 aromatic heterocycles. The minimum Gasteiger partial charge on any atom is -0.354 e. The number of thioether (sulfide) groups is 1. The number of aryl methyl sites for hydroxylation is 1. The highest BCUT2D eigenvalue weighted by molar-refractivity contribution is 7.98. The number of carbonyl (C=O) groups is 1. The van der Waals surface area contributed by atoms with Crippen molar-refractivity contribution in [2.75, 3.05) is 29.4 Å². The molecule has 2 aromatic carbocycles. The summed E-state index contributed by atoms with van der Waals surface area (Å²) in [4.78, 5) is 12.3.